The Kier molecular flexibility index (Phi) is 6.78. The number of halogens is 3. The zero-order valence-corrected chi connectivity index (χ0v) is 16.2. The third kappa shape index (κ3) is 5.63. The normalized spacial score (nSPS) is 11.4. The van der Waals surface area contributed by atoms with Gasteiger partial charge in [-0.15, -0.1) is 5.10 Å². The Hall–Kier alpha value is -3.27. The minimum atomic E-state index is -4.49. The quantitative estimate of drug-likeness (QED) is 0.531. The van der Waals surface area contributed by atoms with Crippen molar-refractivity contribution in [1.82, 2.24) is 14.8 Å². The van der Waals surface area contributed by atoms with Crippen molar-refractivity contribution in [2.24, 2.45) is 5.73 Å². The van der Waals surface area contributed by atoms with Crippen molar-refractivity contribution >= 4 is 0 Å². The molecule has 160 valence electrons. The Bertz CT molecular complexity index is 941. The molecule has 0 amide bonds. The zero-order valence-electron chi connectivity index (χ0n) is 16.2. The van der Waals surface area contributed by atoms with Crippen LogP contribution in [-0.2, 0) is 0 Å². The Morgan fingerprint density at radius 3 is 2.23 bits per heavy atom. The Balaban J connectivity index is 1.91. The summed E-state index contributed by atoms with van der Waals surface area (Å²) in [6.45, 7) is -0.454. The van der Waals surface area contributed by atoms with Crippen LogP contribution in [0.3, 0.4) is 0 Å². The van der Waals surface area contributed by atoms with Crippen LogP contribution in [0.2, 0.25) is 0 Å². The van der Waals surface area contributed by atoms with Crippen molar-refractivity contribution in [1.29, 1.82) is 0 Å². The number of hydrogen-bond donors (Lipinski definition) is 1. The second-order valence-corrected chi connectivity index (χ2v) is 6.25. The van der Waals surface area contributed by atoms with E-state index in [1.54, 1.807) is 48.5 Å². The lowest BCUT2D eigenvalue weighted by Gasteiger charge is -2.08. The second kappa shape index (κ2) is 9.49. The van der Waals surface area contributed by atoms with Crippen molar-refractivity contribution < 1.29 is 27.4 Å². The maximum absolute atomic E-state index is 12.5. The van der Waals surface area contributed by atoms with Crippen molar-refractivity contribution in [3.05, 3.63) is 48.5 Å². The van der Waals surface area contributed by atoms with Crippen LogP contribution in [0.15, 0.2) is 48.5 Å². The molecule has 2 aromatic carbocycles. The molecule has 0 radical (unpaired) electrons. The first-order valence-corrected chi connectivity index (χ1v) is 9.14. The number of nitrogens with two attached hydrogens (primary N) is 1. The molecule has 1 heterocycles. The predicted molar refractivity (Wildman–Crippen MR) is 104 cm³/mol. The van der Waals surface area contributed by atoms with Gasteiger partial charge in [-0.2, -0.15) is 18.2 Å². The molecule has 7 nitrogen and oxygen atoms in total. The van der Waals surface area contributed by atoms with E-state index in [-0.39, 0.29) is 6.01 Å². The number of rotatable bonds is 9. The molecule has 0 unspecified atom stereocenters. The van der Waals surface area contributed by atoms with Crippen molar-refractivity contribution in [2.75, 3.05) is 26.9 Å². The molecule has 0 atom stereocenters. The highest BCUT2D eigenvalue weighted by molar-refractivity contribution is 5.59. The molecule has 0 aliphatic heterocycles. The highest BCUT2D eigenvalue weighted by atomic mass is 19.4. The molecule has 0 aliphatic rings. The Labute approximate surface area is 171 Å². The topological polar surface area (TPSA) is 84.4 Å². The van der Waals surface area contributed by atoms with Crippen molar-refractivity contribution in [3.63, 3.8) is 0 Å². The molecular formula is C20H21F3N4O3. The Morgan fingerprint density at radius 1 is 0.967 bits per heavy atom. The first kappa shape index (κ1) is 21.4. The summed E-state index contributed by atoms with van der Waals surface area (Å²) in [6, 6.07) is 13.5. The molecule has 1 aromatic heterocycles. The molecule has 30 heavy (non-hydrogen) atoms. The molecule has 10 heteroatoms. The lowest BCUT2D eigenvalue weighted by molar-refractivity contribution is -0.154. The zero-order chi connectivity index (χ0) is 21.6. The number of nitrogens with zero attached hydrogens (tertiary/aromatic N) is 3. The van der Waals surface area contributed by atoms with E-state index in [1.165, 1.54) is 11.8 Å². The number of aromatic nitrogens is 3. The van der Waals surface area contributed by atoms with Gasteiger partial charge in [0.05, 0.1) is 19.4 Å². The number of alkyl halides is 3. The van der Waals surface area contributed by atoms with Gasteiger partial charge < -0.3 is 19.9 Å². The summed E-state index contributed by atoms with van der Waals surface area (Å²) in [5, 5.41) is 4.10. The van der Waals surface area contributed by atoms with Gasteiger partial charge in [-0.25, -0.2) is 4.68 Å². The molecule has 2 N–H and O–H groups in total. The van der Waals surface area contributed by atoms with E-state index in [2.05, 4.69) is 10.1 Å². The van der Waals surface area contributed by atoms with Gasteiger partial charge in [0.15, 0.2) is 12.4 Å². The lowest BCUT2D eigenvalue weighted by Crippen LogP contribution is -2.19. The average Bonchev–Trinajstić information content (AvgIpc) is 3.17. The smallest absolute Gasteiger partial charge is 0.422 e. The van der Waals surface area contributed by atoms with Crippen LogP contribution in [0, 0.1) is 0 Å². The summed E-state index contributed by atoms with van der Waals surface area (Å²) in [7, 11) is 1.54. The Morgan fingerprint density at radius 2 is 1.63 bits per heavy atom. The van der Waals surface area contributed by atoms with Crippen LogP contribution in [0.5, 0.6) is 17.5 Å². The van der Waals surface area contributed by atoms with Gasteiger partial charge in [0.1, 0.15) is 11.5 Å². The SMILES string of the molecule is COc1ccc(-n2nc(OCC(F)(F)F)nc2-c2ccc(OCCCN)cc2)cc1. The van der Waals surface area contributed by atoms with Crippen LogP contribution in [0.4, 0.5) is 13.2 Å². The first-order chi connectivity index (χ1) is 14.4. The van der Waals surface area contributed by atoms with Crippen LogP contribution in [-0.4, -0.2) is 47.8 Å². The predicted octanol–water partition coefficient (Wildman–Crippen LogP) is 3.61. The van der Waals surface area contributed by atoms with Gasteiger partial charge >= 0.3 is 12.2 Å². The van der Waals surface area contributed by atoms with Gasteiger partial charge in [0.2, 0.25) is 0 Å². The van der Waals surface area contributed by atoms with Gasteiger partial charge in [-0.1, -0.05) is 0 Å². The van der Waals surface area contributed by atoms with Gasteiger partial charge in [-0.05, 0) is 61.5 Å². The average molecular weight is 422 g/mol. The summed E-state index contributed by atoms with van der Waals surface area (Å²) < 4.78 is 54.4. The van der Waals surface area contributed by atoms with Crippen molar-refractivity contribution in [3.8, 4) is 34.6 Å². The van der Waals surface area contributed by atoms with E-state index in [9.17, 15) is 13.2 Å². The molecule has 0 spiro atoms. The third-order valence-electron chi connectivity index (χ3n) is 4.00. The molecule has 3 rings (SSSR count). The maximum Gasteiger partial charge on any atom is 0.422 e. The van der Waals surface area contributed by atoms with Gasteiger partial charge in [-0.3, -0.25) is 0 Å². The summed E-state index contributed by atoms with van der Waals surface area (Å²) in [4.78, 5) is 4.15. The van der Waals surface area contributed by atoms with Gasteiger partial charge in [0, 0.05) is 5.56 Å². The minimum Gasteiger partial charge on any atom is -0.497 e. The molecule has 0 aliphatic carbocycles. The largest absolute Gasteiger partial charge is 0.497 e. The third-order valence-corrected chi connectivity index (χ3v) is 4.00. The lowest BCUT2D eigenvalue weighted by atomic mass is 10.2. The number of methoxy groups -OCH3 is 1. The van der Waals surface area contributed by atoms with Crippen LogP contribution < -0.4 is 19.9 Å². The van der Waals surface area contributed by atoms with E-state index in [0.29, 0.717) is 41.7 Å². The fourth-order valence-electron chi connectivity index (χ4n) is 2.56. The van der Waals surface area contributed by atoms with Crippen LogP contribution >= 0.6 is 0 Å². The summed E-state index contributed by atoms with van der Waals surface area (Å²) in [5.41, 5.74) is 6.67. The first-order valence-electron chi connectivity index (χ1n) is 9.14. The molecule has 0 fully saturated rings. The summed E-state index contributed by atoms with van der Waals surface area (Å²) in [6.07, 6.45) is -3.76. The second-order valence-electron chi connectivity index (χ2n) is 6.25. The summed E-state index contributed by atoms with van der Waals surface area (Å²) in [5.74, 6) is 1.61. The summed E-state index contributed by atoms with van der Waals surface area (Å²) >= 11 is 0. The molecular weight excluding hydrogens is 401 g/mol. The number of benzene rings is 2. The number of ether oxygens (including phenoxy) is 3. The highest BCUT2D eigenvalue weighted by Crippen LogP contribution is 2.27. The standard InChI is InChI=1S/C20H21F3N4O3/c1-28-16-9-5-15(6-10-16)27-18(25-19(26-27)30-13-20(21,22)23)14-3-7-17(8-4-14)29-12-2-11-24/h3-10H,2,11-13,24H2,1H3. The van der Waals surface area contributed by atoms with E-state index < -0.39 is 12.8 Å². The molecule has 3 aromatic rings. The highest BCUT2D eigenvalue weighted by Gasteiger charge is 2.29. The van der Waals surface area contributed by atoms with Crippen LogP contribution in [0.1, 0.15) is 6.42 Å². The molecule has 0 saturated carbocycles. The van der Waals surface area contributed by atoms with E-state index in [4.69, 9.17) is 19.9 Å². The van der Waals surface area contributed by atoms with Crippen molar-refractivity contribution in [2.45, 2.75) is 12.6 Å². The monoisotopic (exact) mass is 422 g/mol. The van der Waals surface area contributed by atoms with E-state index in [0.717, 1.165) is 6.42 Å². The van der Waals surface area contributed by atoms with Crippen LogP contribution in [0.25, 0.3) is 17.1 Å². The fourth-order valence-corrected chi connectivity index (χ4v) is 2.56. The molecule has 0 bridgehead atoms. The van der Waals surface area contributed by atoms with E-state index in [1.807, 2.05) is 0 Å². The molecule has 0 saturated heterocycles. The fraction of sp³-hybridized carbons (Fsp3) is 0.300. The van der Waals surface area contributed by atoms with Gasteiger partial charge in [0.25, 0.3) is 0 Å². The number of hydrogen-bond acceptors (Lipinski definition) is 6. The van der Waals surface area contributed by atoms with E-state index >= 15 is 0 Å². The maximum atomic E-state index is 12.5. The minimum absolute atomic E-state index is 0.325.